The largest absolute Gasteiger partial charge is 0.286 e. The van der Waals surface area contributed by atoms with Gasteiger partial charge in [0, 0.05) is 16.3 Å². The van der Waals surface area contributed by atoms with Crippen molar-refractivity contribution in [3.8, 4) is 0 Å². The molecule has 1 aliphatic rings. The summed E-state index contributed by atoms with van der Waals surface area (Å²) in [7, 11) is 0. The topological polar surface area (TPSA) is 32.7 Å². The van der Waals surface area contributed by atoms with Gasteiger partial charge in [0.25, 0.3) is 5.91 Å². The van der Waals surface area contributed by atoms with Gasteiger partial charge in [-0.2, -0.15) is 0 Å². The van der Waals surface area contributed by atoms with E-state index in [1.165, 1.54) is 27.1 Å². The van der Waals surface area contributed by atoms with Crippen LogP contribution in [-0.2, 0) is 4.79 Å². The van der Waals surface area contributed by atoms with Crippen molar-refractivity contribution in [2.75, 3.05) is 6.54 Å². The van der Waals surface area contributed by atoms with Crippen LogP contribution in [0.3, 0.4) is 0 Å². The number of aliphatic imine (C=N–C) groups is 1. The molecule has 0 aliphatic carbocycles. The lowest BCUT2D eigenvalue weighted by molar-refractivity contribution is -0.122. The number of amides is 1. The van der Waals surface area contributed by atoms with Crippen molar-refractivity contribution in [1.29, 1.82) is 0 Å². The van der Waals surface area contributed by atoms with Crippen LogP contribution in [0, 0.1) is 6.92 Å². The van der Waals surface area contributed by atoms with Gasteiger partial charge in [-0.25, -0.2) is 4.99 Å². The molecule has 0 bridgehead atoms. The van der Waals surface area contributed by atoms with E-state index in [4.69, 9.17) is 4.99 Å². The molecule has 3 aromatic rings. The van der Waals surface area contributed by atoms with Crippen molar-refractivity contribution in [2.45, 2.75) is 30.1 Å². The summed E-state index contributed by atoms with van der Waals surface area (Å²) in [6.45, 7) is 4.84. The monoisotopic (exact) mass is 444 g/mol. The Labute approximate surface area is 192 Å². The molecule has 1 heterocycles. The summed E-state index contributed by atoms with van der Waals surface area (Å²) in [5, 5.41) is 0.746. The molecule has 0 atom stereocenters. The quantitative estimate of drug-likeness (QED) is 0.378. The average molecular weight is 445 g/mol. The highest BCUT2D eigenvalue weighted by Gasteiger charge is 2.32. The highest BCUT2D eigenvalue weighted by Crippen LogP contribution is 2.35. The number of nitrogens with zero attached hydrogens (tertiary/aromatic N) is 2. The number of rotatable bonds is 6. The van der Waals surface area contributed by atoms with E-state index >= 15 is 0 Å². The molecule has 0 saturated carbocycles. The minimum Gasteiger partial charge on any atom is -0.286 e. The third-order valence-electron chi connectivity index (χ3n) is 4.75. The molecule has 5 heteroatoms. The minimum absolute atomic E-state index is 0.0274. The maximum Gasteiger partial charge on any atom is 0.266 e. The van der Waals surface area contributed by atoms with E-state index in [-0.39, 0.29) is 5.91 Å². The molecular weight excluding hydrogens is 420 g/mol. The Hall–Kier alpha value is -2.76. The van der Waals surface area contributed by atoms with Crippen LogP contribution in [0.1, 0.15) is 24.5 Å². The van der Waals surface area contributed by atoms with Crippen molar-refractivity contribution in [1.82, 2.24) is 4.90 Å². The summed E-state index contributed by atoms with van der Waals surface area (Å²) in [4.78, 5) is 22.6. The molecule has 1 fully saturated rings. The highest BCUT2D eigenvalue weighted by atomic mass is 32.2. The predicted octanol–water partition coefficient (Wildman–Crippen LogP) is 7.16. The lowest BCUT2D eigenvalue weighted by Gasteiger charge is -2.13. The van der Waals surface area contributed by atoms with Crippen LogP contribution in [0.5, 0.6) is 0 Å². The van der Waals surface area contributed by atoms with Crippen LogP contribution in [0.2, 0.25) is 0 Å². The van der Waals surface area contributed by atoms with Crippen molar-refractivity contribution in [3.63, 3.8) is 0 Å². The zero-order valence-electron chi connectivity index (χ0n) is 17.6. The summed E-state index contributed by atoms with van der Waals surface area (Å²) in [6, 6.07) is 26.6. The third-order valence-corrected chi connectivity index (χ3v) is 6.77. The fourth-order valence-electron chi connectivity index (χ4n) is 3.15. The molecule has 3 aromatic carbocycles. The molecule has 31 heavy (non-hydrogen) atoms. The van der Waals surface area contributed by atoms with Gasteiger partial charge in [-0.05, 0) is 73.1 Å². The molecule has 1 aliphatic heterocycles. The van der Waals surface area contributed by atoms with Crippen molar-refractivity contribution in [3.05, 3.63) is 94.9 Å². The lowest BCUT2D eigenvalue weighted by atomic mass is 10.2. The second-order valence-corrected chi connectivity index (χ2v) is 9.44. The van der Waals surface area contributed by atoms with E-state index < -0.39 is 0 Å². The Balaban J connectivity index is 1.52. The first-order chi connectivity index (χ1) is 15.1. The Morgan fingerprint density at radius 1 is 0.935 bits per heavy atom. The van der Waals surface area contributed by atoms with Gasteiger partial charge in [0.05, 0.1) is 10.6 Å². The van der Waals surface area contributed by atoms with E-state index in [1.807, 2.05) is 36.4 Å². The predicted molar refractivity (Wildman–Crippen MR) is 133 cm³/mol. The molecule has 0 spiro atoms. The number of aryl methyl sites for hydroxylation is 1. The van der Waals surface area contributed by atoms with Gasteiger partial charge in [-0.3, -0.25) is 9.69 Å². The molecule has 1 saturated heterocycles. The second-order valence-electron chi connectivity index (χ2n) is 7.28. The molecule has 0 unspecified atom stereocenters. The highest BCUT2D eigenvalue weighted by molar-refractivity contribution is 8.18. The molecule has 0 N–H and O–H groups in total. The average Bonchev–Trinajstić information content (AvgIpc) is 3.06. The van der Waals surface area contributed by atoms with Crippen molar-refractivity contribution >= 4 is 46.4 Å². The number of carbonyl (C=O) groups is 1. The number of hydrogen-bond donors (Lipinski definition) is 0. The summed E-state index contributed by atoms with van der Waals surface area (Å²) in [5.74, 6) is 0.0274. The Morgan fingerprint density at radius 3 is 2.23 bits per heavy atom. The molecular formula is C26H24N2OS2. The van der Waals surface area contributed by atoms with Gasteiger partial charge in [0.2, 0.25) is 0 Å². The van der Waals surface area contributed by atoms with Crippen molar-refractivity contribution < 1.29 is 4.79 Å². The molecule has 1 amide bonds. The SMILES string of the molecule is CCCN1C(=O)/C(=C/c2ccc(Sc3ccc(C)cc3)cc2)SC1=Nc1ccccc1. The number of para-hydroxylation sites is 1. The van der Waals surface area contributed by atoms with E-state index in [2.05, 4.69) is 62.4 Å². The molecule has 0 radical (unpaired) electrons. The number of hydrogen-bond acceptors (Lipinski definition) is 4. The van der Waals surface area contributed by atoms with Crippen LogP contribution in [0.15, 0.2) is 98.6 Å². The van der Waals surface area contributed by atoms with E-state index in [9.17, 15) is 4.79 Å². The fourth-order valence-corrected chi connectivity index (χ4v) is 4.99. The van der Waals surface area contributed by atoms with Gasteiger partial charge in [-0.1, -0.05) is 66.7 Å². The Kier molecular flexibility index (Phi) is 6.95. The lowest BCUT2D eigenvalue weighted by Crippen LogP contribution is -2.29. The zero-order valence-corrected chi connectivity index (χ0v) is 19.2. The summed E-state index contributed by atoms with van der Waals surface area (Å²) in [5.41, 5.74) is 3.14. The van der Waals surface area contributed by atoms with Crippen LogP contribution in [-0.4, -0.2) is 22.5 Å². The van der Waals surface area contributed by atoms with E-state index in [0.29, 0.717) is 11.4 Å². The zero-order chi connectivity index (χ0) is 21.6. The smallest absolute Gasteiger partial charge is 0.266 e. The van der Waals surface area contributed by atoms with Gasteiger partial charge in [0.15, 0.2) is 5.17 Å². The maximum absolute atomic E-state index is 13.0. The van der Waals surface area contributed by atoms with Crippen LogP contribution < -0.4 is 0 Å². The number of carbonyl (C=O) groups excluding carboxylic acids is 1. The first-order valence-corrected chi connectivity index (χ1v) is 12.0. The van der Waals surface area contributed by atoms with Gasteiger partial charge < -0.3 is 0 Å². The van der Waals surface area contributed by atoms with Gasteiger partial charge in [-0.15, -0.1) is 0 Å². The fraction of sp³-hybridized carbons (Fsp3) is 0.154. The van der Waals surface area contributed by atoms with Crippen LogP contribution >= 0.6 is 23.5 Å². The molecule has 156 valence electrons. The summed E-state index contributed by atoms with van der Waals surface area (Å²) >= 11 is 3.18. The van der Waals surface area contributed by atoms with Gasteiger partial charge >= 0.3 is 0 Å². The Bertz CT molecular complexity index is 1100. The number of benzene rings is 3. The number of amidine groups is 1. The first kappa shape index (κ1) is 21.5. The van der Waals surface area contributed by atoms with Crippen molar-refractivity contribution in [2.24, 2.45) is 4.99 Å². The van der Waals surface area contributed by atoms with Gasteiger partial charge in [0.1, 0.15) is 0 Å². The summed E-state index contributed by atoms with van der Waals surface area (Å²) in [6.07, 6.45) is 2.85. The molecule has 4 rings (SSSR count). The molecule has 0 aromatic heterocycles. The third kappa shape index (κ3) is 5.49. The minimum atomic E-state index is 0.0274. The molecule has 3 nitrogen and oxygen atoms in total. The number of thioether (sulfide) groups is 1. The Morgan fingerprint density at radius 2 is 1.58 bits per heavy atom. The summed E-state index contributed by atoms with van der Waals surface area (Å²) < 4.78 is 0. The second kappa shape index (κ2) is 10.0. The van der Waals surface area contributed by atoms with Crippen LogP contribution in [0.4, 0.5) is 5.69 Å². The standard InChI is InChI=1S/C26H24N2OS2/c1-3-17-28-25(29)24(31-26(28)27-21-7-5-4-6-8-21)18-20-11-15-23(16-12-20)30-22-13-9-19(2)10-14-22/h4-16,18H,3,17H2,1-2H3/b24-18-,27-26?. The normalized spacial score (nSPS) is 16.5. The maximum atomic E-state index is 13.0. The van der Waals surface area contributed by atoms with E-state index in [1.54, 1.807) is 16.7 Å². The van der Waals surface area contributed by atoms with Crippen LogP contribution in [0.25, 0.3) is 6.08 Å². The van der Waals surface area contributed by atoms with E-state index in [0.717, 1.165) is 22.8 Å². The first-order valence-electron chi connectivity index (χ1n) is 10.3.